The molecule has 17 heavy (non-hydrogen) atoms. The molecule has 1 heterocycles. The zero-order valence-electron chi connectivity index (χ0n) is 10.0. The Morgan fingerprint density at radius 3 is 2.71 bits per heavy atom. The summed E-state index contributed by atoms with van der Waals surface area (Å²) in [6.07, 6.45) is 2.66. The fraction of sp³-hybridized carbons (Fsp3) is 0.214. The van der Waals surface area contributed by atoms with Crippen LogP contribution in [0.2, 0.25) is 0 Å². The highest BCUT2D eigenvalue weighted by Crippen LogP contribution is 2.24. The Morgan fingerprint density at radius 1 is 1.12 bits per heavy atom. The number of rotatable bonds is 4. The van der Waals surface area contributed by atoms with Gasteiger partial charge in [-0.25, -0.2) is 4.98 Å². The standard InChI is InChI=1S/C14H15NO2/c1-3-11-5-4-6-12(9-11)17-13-7-8-15-14(10-13)16-2/h4-10H,3H2,1-2H3. The van der Waals surface area contributed by atoms with E-state index >= 15 is 0 Å². The fourth-order valence-electron chi connectivity index (χ4n) is 1.53. The predicted molar refractivity (Wildman–Crippen MR) is 66.7 cm³/mol. The third-order valence-corrected chi connectivity index (χ3v) is 2.46. The Balaban J connectivity index is 2.18. The van der Waals surface area contributed by atoms with Crippen molar-refractivity contribution in [3.63, 3.8) is 0 Å². The van der Waals surface area contributed by atoms with Gasteiger partial charge in [-0.1, -0.05) is 19.1 Å². The van der Waals surface area contributed by atoms with Crippen LogP contribution in [0.3, 0.4) is 0 Å². The van der Waals surface area contributed by atoms with E-state index in [1.165, 1.54) is 5.56 Å². The maximum Gasteiger partial charge on any atom is 0.216 e. The van der Waals surface area contributed by atoms with Crippen molar-refractivity contribution in [2.75, 3.05) is 7.11 Å². The van der Waals surface area contributed by atoms with Crippen molar-refractivity contribution in [3.05, 3.63) is 48.2 Å². The van der Waals surface area contributed by atoms with Crippen molar-refractivity contribution < 1.29 is 9.47 Å². The summed E-state index contributed by atoms with van der Waals surface area (Å²) in [6.45, 7) is 2.12. The van der Waals surface area contributed by atoms with Crippen molar-refractivity contribution in [1.82, 2.24) is 4.98 Å². The van der Waals surface area contributed by atoms with Gasteiger partial charge in [0.1, 0.15) is 11.5 Å². The molecule has 1 aromatic carbocycles. The van der Waals surface area contributed by atoms with E-state index in [1.54, 1.807) is 25.4 Å². The number of hydrogen-bond donors (Lipinski definition) is 0. The van der Waals surface area contributed by atoms with E-state index in [0.717, 1.165) is 17.9 Å². The Bertz CT molecular complexity index is 452. The lowest BCUT2D eigenvalue weighted by molar-refractivity contribution is 0.392. The molecule has 2 aromatic rings. The van der Waals surface area contributed by atoms with Crippen LogP contribution in [0.5, 0.6) is 17.4 Å². The summed E-state index contributed by atoms with van der Waals surface area (Å²) in [6, 6.07) is 11.6. The molecule has 0 saturated carbocycles. The molecule has 1 aromatic heterocycles. The molecule has 0 N–H and O–H groups in total. The number of benzene rings is 1. The van der Waals surface area contributed by atoms with Crippen molar-refractivity contribution >= 4 is 0 Å². The van der Waals surface area contributed by atoms with Crippen LogP contribution in [0.15, 0.2) is 42.6 Å². The van der Waals surface area contributed by atoms with Crippen LogP contribution < -0.4 is 9.47 Å². The topological polar surface area (TPSA) is 31.4 Å². The van der Waals surface area contributed by atoms with Crippen LogP contribution in [0.1, 0.15) is 12.5 Å². The van der Waals surface area contributed by atoms with Crippen molar-refractivity contribution in [1.29, 1.82) is 0 Å². The lowest BCUT2D eigenvalue weighted by Crippen LogP contribution is -1.90. The largest absolute Gasteiger partial charge is 0.481 e. The van der Waals surface area contributed by atoms with Gasteiger partial charge in [-0.05, 0) is 30.2 Å². The van der Waals surface area contributed by atoms with E-state index in [2.05, 4.69) is 18.0 Å². The van der Waals surface area contributed by atoms with Gasteiger partial charge in [0.15, 0.2) is 0 Å². The quantitative estimate of drug-likeness (QED) is 0.804. The second kappa shape index (κ2) is 5.34. The number of hydrogen-bond acceptors (Lipinski definition) is 3. The number of methoxy groups -OCH3 is 1. The number of aromatic nitrogens is 1. The van der Waals surface area contributed by atoms with Crippen LogP contribution in [-0.2, 0) is 6.42 Å². The van der Waals surface area contributed by atoms with Crippen LogP contribution in [0, 0.1) is 0 Å². The van der Waals surface area contributed by atoms with Gasteiger partial charge in [0.25, 0.3) is 0 Å². The Kier molecular flexibility index (Phi) is 3.60. The van der Waals surface area contributed by atoms with Crippen LogP contribution >= 0.6 is 0 Å². The molecule has 3 heteroatoms. The van der Waals surface area contributed by atoms with Crippen molar-refractivity contribution in [2.24, 2.45) is 0 Å². The summed E-state index contributed by atoms with van der Waals surface area (Å²) in [5, 5.41) is 0. The highest BCUT2D eigenvalue weighted by Gasteiger charge is 2.00. The molecule has 0 aliphatic rings. The minimum atomic E-state index is 0.550. The molecule has 0 unspecified atom stereocenters. The van der Waals surface area contributed by atoms with Gasteiger partial charge in [0, 0.05) is 12.3 Å². The van der Waals surface area contributed by atoms with Gasteiger partial charge in [-0.15, -0.1) is 0 Å². The summed E-state index contributed by atoms with van der Waals surface area (Å²) in [4.78, 5) is 4.03. The number of pyridine rings is 1. The molecule has 0 spiro atoms. The summed E-state index contributed by atoms with van der Waals surface area (Å²) in [5.74, 6) is 2.11. The third kappa shape index (κ3) is 2.97. The molecule has 0 atom stereocenters. The zero-order valence-corrected chi connectivity index (χ0v) is 10.0. The Morgan fingerprint density at radius 2 is 1.94 bits per heavy atom. The van der Waals surface area contributed by atoms with Gasteiger partial charge in [0.05, 0.1) is 7.11 Å². The first kappa shape index (κ1) is 11.5. The minimum Gasteiger partial charge on any atom is -0.481 e. The molecule has 88 valence electrons. The van der Waals surface area contributed by atoms with E-state index in [0.29, 0.717) is 5.88 Å². The fourth-order valence-corrected chi connectivity index (χ4v) is 1.53. The van der Waals surface area contributed by atoms with Crippen LogP contribution in [0.4, 0.5) is 0 Å². The molecular weight excluding hydrogens is 214 g/mol. The molecule has 0 aliphatic heterocycles. The highest BCUT2D eigenvalue weighted by atomic mass is 16.5. The molecule has 0 saturated heterocycles. The summed E-state index contributed by atoms with van der Waals surface area (Å²) < 4.78 is 10.8. The average molecular weight is 229 g/mol. The molecule has 0 bridgehead atoms. The van der Waals surface area contributed by atoms with E-state index in [9.17, 15) is 0 Å². The number of nitrogens with zero attached hydrogens (tertiary/aromatic N) is 1. The predicted octanol–water partition coefficient (Wildman–Crippen LogP) is 3.44. The Hall–Kier alpha value is -2.03. The first-order chi connectivity index (χ1) is 8.31. The lowest BCUT2D eigenvalue weighted by atomic mass is 10.2. The van der Waals surface area contributed by atoms with Crippen molar-refractivity contribution in [3.8, 4) is 17.4 Å². The normalized spacial score (nSPS) is 10.0. The molecule has 0 fully saturated rings. The van der Waals surface area contributed by atoms with Gasteiger partial charge < -0.3 is 9.47 Å². The van der Waals surface area contributed by atoms with E-state index in [1.807, 2.05) is 18.2 Å². The number of ether oxygens (including phenoxy) is 2. The second-order valence-corrected chi connectivity index (χ2v) is 3.64. The van der Waals surface area contributed by atoms with Gasteiger partial charge in [0.2, 0.25) is 5.88 Å². The molecule has 0 aliphatic carbocycles. The molecule has 3 nitrogen and oxygen atoms in total. The molecule has 0 amide bonds. The molecule has 2 rings (SSSR count). The average Bonchev–Trinajstić information content (AvgIpc) is 2.39. The summed E-state index contributed by atoms with van der Waals surface area (Å²) >= 11 is 0. The molecular formula is C14H15NO2. The van der Waals surface area contributed by atoms with E-state index < -0.39 is 0 Å². The summed E-state index contributed by atoms with van der Waals surface area (Å²) in [5.41, 5.74) is 1.25. The molecule has 0 radical (unpaired) electrons. The number of aryl methyl sites for hydroxylation is 1. The van der Waals surface area contributed by atoms with Gasteiger partial charge in [-0.2, -0.15) is 0 Å². The minimum absolute atomic E-state index is 0.550. The lowest BCUT2D eigenvalue weighted by Gasteiger charge is -2.07. The maximum absolute atomic E-state index is 5.74. The van der Waals surface area contributed by atoms with Crippen LogP contribution in [-0.4, -0.2) is 12.1 Å². The van der Waals surface area contributed by atoms with E-state index in [4.69, 9.17) is 9.47 Å². The van der Waals surface area contributed by atoms with E-state index in [-0.39, 0.29) is 0 Å². The summed E-state index contributed by atoms with van der Waals surface area (Å²) in [7, 11) is 1.59. The van der Waals surface area contributed by atoms with Gasteiger partial charge in [-0.3, -0.25) is 0 Å². The zero-order chi connectivity index (χ0) is 12.1. The van der Waals surface area contributed by atoms with Crippen molar-refractivity contribution in [2.45, 2.75) is 13.3 Å². The smallest absolute Gasteiger partial charge is 0.216 e. The Labute approximate surface area is 101 Å². The highest BCUT2D eigenvalue weighted by molar-refractivity contribution is 5.35. The first-order valence-electron chi connectivity index (χ1n) is 5.58. The third-order valence-electron chi connectivity index (χ3n) is 2.46. The van der Waals surface area contributed by atoms with Crippen LogP contribution in [0.25, 0.3) is 0 Å². The van der Waals surface area contributed by atoms with Gasteiger partial charge >= 0.3 is 0 Å². The maximum atomic E-state index is 5.74. The second-order valence-electron chi connectivity index (χ2n) is 3.64. The SMILES string of the molecule is CCc1cccc(Oc2ccnc(OC)c2)c1. The first-order valence-corrected chi connectivity index (χ1v) is 5.58. The monoisotopic (exact) mass is 229 g/mol.